The first-order valence-electron chi connectivity index (χ1n) is 6.87. The van der Waals surface area contributed by atoms with Crippen LogP contribution in [0.1, 0.15) is 22.6 Å². The summed E-state index contributed by atoms with van der Waals surface area (Å²) in [6.07, 6.45) is 2.16. The van der Waals surface area contributed by atoms with E-state index in [1.807, 2.05) is 17.9 Å². The molecular formula is C15H14ClN5O. The van der Waals surface area contributed by atoms with E-state index in [0.717, 1.165) is 5.69 Å². The number of rotatable bonds is 1. The van der Waals surface area contributed by atoms with E-state index in [9.17, 15) is 4.79 Å². The van der Waals surface area contributed by atoms with Gasteiger partial charge in [0.25, 0.3) is 5.56 Å². The van der Waals surface area contributed by atoms with Gasteiger partial charge in [0, 0.05) is 26.2 Å². The summed E-state index contributed by atoms with van der Waals surface area (Å²) in [6, 6.07) is 3.60. The molecule has 0 aromatic carbocycles. The SMILES string of the molecule is Cc1nc2c(c(=O)n1C)CN(c1ncc(C#N)cc1Cl)CC2. The molecule has 0 radical (unpaired) electrons. The van der Waals surface area contributed by atoms with Crippen LogP contribution in [0.3, 0.4) is 0 Å². The summed E-state index contributed by atoms with van der Waals surface area (Å²) in [5.74, 6) is 1.31. The Morgan fingerprint density at radius 1 is 1.45 bits per heavy atom. The molecule has 0 bridgehead atoms. The zero-order valence-electron chi connectivity index (χ0n) is 12.3. The van der Waals surface area contributed by atoms with Crippen LogP contribution in [0.25, 0.3) is 0 Å². The Hall–Kier alpha value is -2.39. The first-order valence-corrected chi connectivity index (χ1v) is 7.25. The van der Waals surface area contributed by atoms with Crippen LogP contribution in [0.5, 0.6) is 0 Å². The number of aryl methyl sites for hydroxylation is 1. The lowest BCUT2D eigenvalue weighted by atomic mass is 10.1. The van der Waals surface area contributed by atoms with Crippen molar-refractivity contribution in [1.29, 1.82) is 5.26 Å². The van der Waals surface area contributed by atoms with Gasteiger partial charge in [0.15, 0.2) is 0 Å². The Bertz CT molecular complexity index is 852. The third-order valence-electron chi connectivity index (χ3n) is 3.91. The molecule has 7 heteroatoms. The van der Waals surface area contributed by atoms with Crippen LogP contribution >= 0.6 is 11.6 Å². The van der Waals surface area contributed by atoms with E-state index in [0.29, 0.717) is 47.3 Å². The number of pyridine rings is 1. The molecule has 0 N–H and O–H groups in total. The van der Waals surface area contributed by atoms with Gasteiger partial charge in [-0.05, 0) is 13.0 Å². The summed E-state index contributed by atoms with van der Waals surface area (Å²) in [4.78, 5) is 23.1. The number of fused-ring (bicyclic) bond motifs is 1. The molecular weight excluding hydrogens is 302 g/mol. The highest BCUT2D eigenvalue weighted by atomic mass is 35.5. The number of hydrogen-bond donors (Lipinski definition) is 0. The smallest absolute Gasteiger partial charge is 0.258 e. The molecule has 6 nitrogen and oxygen atoms in total. The quantitative estimate of drug-likeness (QED) is 0.798. The van der Waals surface area contributed by atoms with Crippen molar-refractivity contribution < 1.29 is 0 Å². The Morgan fingerprint density at radius 3 is 2.91 bits per heavy atom. The zero-order chi connectivity index (χ0) is 15.9. The van der Waals surface area contributed by atoms with Gasteiger partial charge in [0.05, 0.1) is 28.4 Å². The fraction of sp³-hybridized carbons (Fsp3) is 0.333. The number of anilines is 1. The van der Waals surface area contributed by atoms with Gasteiger partial charge in [0.2, 0.25) is 0 Å². The van der Waals surface area contributed by atoms with Crippen LogP contribution in [0.4, 0.5) is 5.82 Å². The minimum absolute atomic E-state index is 0.0306. The lowest BCUT2D eigenvalue weighted by Crippen LogP contribution is -2.38. The van der Waals surface area contributed by atoms with Gasteiger partial charge in [-0.25, -0.2) is 9.97 Å². The van der Waals surface area contributed by atoms with Crippen LogP contribution in [0, 0.1) is 18.3 Å². The van der Waals surface area contributed by atoms with E-state index in [2.05, 4.69) is 9.97 Å². The van der Waals surface area contributed by atoms with Gasteiger partial charge < -0.3 is 4.90 Å². The predicted molar refractivity (Wildman–Crippen MR) is 82.9 cm³/mol. The van der Waals surface area contributed by atoms with E-state index in [1.54, 1.807) is 17.7 Å². The minimum atomic E-state index is -0.0306. The van der Waals surface area contributed by atoms with Crippen LogP contribution in [-0.4, -0.2) is 21.1 Å². The third kappa shape index (κ3) is 2.34. The number of nitrogens with zero attached hydrogens (tertiary/aromatic N) is 5. The first-order chi connectivity index (χ1) is 10.5. The van der Waals surface area contributed by atoms with E-state index in [-0.39, 0.29) is 5.56 Å². The van der Waals surface area contributed by atoms with Crippen molar-refractivity contribution in [2.75, 3.05) is 11.4 Å². The molecule has 0 unspecified atom stereocenters. The standard InChI is InChI=1S/C15H14ClN5O/c1-9-19-13-3-4-21(8-11(13)15(22)20(9)2)14-12(16)5-10(6-17)7-18-14/h5,7H,3-4,8H2,1-2H3. The molecule has 0 fully saturated rings. The fourth-order valence-corrected chi connectivity index (χ4v) is 2.88. The zero-order valence-corrected chi connectivity index (χ0v) is 13.1. The molecule has 3 heterocycles. The second-order valence-electron chi connectivity index (χ2n) is 5.26. The number of nitriles is 1. The molecule has 22 heavy (non-hydrogen) atoms. The third-order valence-corrected chi connectivity index (χ3v) is 4.19. The first kappa shape index (κ1) is 14.5. The van der Waals surface area contributed by atoms with Gasteiger partial charge in [0.1, 0.15) is 17.7 Å². The van der Waals surface area contributed by atoms with Crippen LogP contribution < -0.4 is 10.5 Å². The lowest BCUT2D eigenvalue weighted by molar-refractivity contribution is 0.650. The maximum atomic E-state index is 12.4. The van der Waals surface area contributed by atoms with E-state index < -0.39 is 0 Å². The Balaban J connectivity index is 2.00. The Labute approximate surface area is 132 Å². The molecule has 2 aromatic rings. The molecule has 2 aromatic heterocycles. The summed E-state index contributed by atoms with van der Waals surface area (Å²) in [5, 5.41) is 9.29. The number of hydrogen-bond acceptors (Lipinski definition) is 5. The van der Waals surface area contributed by atoms with E-state index >= 15 is 0 Å². The molecule has 0 atom stereocenters. The average Bonchev–Trinajstić information content (AvgIpc) is 2.52. The maximum absolute atomic E-state index is 12.4. The fourth-order valence-electron chi connectivity index (χ4n) is 2.59. The molecule has 0 spiro atoms. The summed E-state index contributed by atoms with van der Waals surface area (Å²) in [7, 11) is 1.72. The highest BCUT2D eigenvalue weighted by molar-refractivity contribution is 6.33. The normalized spacial score (nSPS) is 13.6. The van der Waals surface area contributed by atoms with Crippen molar-refractivity contribution in [2.24, 2.45) is 7.05 Å². The van der Waals surface area contributed by atoms with Crippen molar-refractivity contribution >= 4 is 17.4 Å². The van der Waals surface area contributed by atoms with Gasteiger partial charge >= 0.3 is 0 Å². The van der Waals surface area contributed by atoms with Crippen LogP contribution in [-0.2, 0) is 20.0 Å². The second-order valence-corrected chi connectivity index (χ2v) is 5.67. The Morgan fingerprint density at radius 2 is 2.23 bits per heavy atom. The molecule has 1 aliphatic heterocycles. The highest BCUT2D eigenvalue weighted by Crippen LogP contribution is 2.27. The van der Waals surface area contributed by atoms with Gasteiger partial charge in [-0.1, -0.05) is 11.6 Å². The summed E-state index contributed by atoms with van der Waals surface area (Å²) in [5.41, 5.74) is 1.92. The highest BCUT2D eigenvalue weighted by Gasteiger charge is 2.24. The minimum Gasteiger partial charge on any atom is -0.350 e. The molecule has 0 saturated heterocycles. The molecule has 112 valence electrons. The number of halogens is 1. The van der Waals surface area contributed by atoms with E-state index in [1.165, 1.54) is 6.20 Å². The summed E-state index contributed by atoms with van der Waals surface area (Å²) >= 11 is 6.21. The van der Waals surface area contributed by atoms with Crippen molar-refractivity contribution in [3.8, 4) is 6.07 Å². The lowest BCUT2D eigenvalue weighted by Gasteiger charge is -2.29. The van der Waals surface area contributed by atoms with Gasteiger partial charge in [-0.15, -0.1) is 0 Å². The molecule has 1 aliphatic rings. The van der Waals surface area contributed by atoms with Crippen molar-refractivity contribution in [1.82, 2.24) is 14.5 Å². The molecule has 3 rings (SSSR count). The van der Waals surface area contributed by atoms with Crippen LogP contribution in [0.2, 0.25) is 5.02 Å². The summed E-state index contributed by atoms with van der Waals surface area (Å²) in [6.45, 7) is 2.94. The van der Waals surface area contributed by atoms with Gasteiger partial charge in [-0.3, -0.25) is 9.36 Å². The van der Waals surface area contributed by atoms with E-state index in [4.69, 9.17) is 16.9 Å². The van der Waals surface area contributed by atoms with Crippen LogP contribution in [0.15, 0.2) is 17.1 Å². The summed E-state index contributed by atoms with van der Waals surface area (Å²) < 4.78 is 1.55. The van der Waals surface area contributed by atoms with Gasteiger partial charge in [-0.2, -0.15) is 5.26 Å². The number of aromatic nitrogens is 3. The molecule has 0 aliphatic carbocycles. The van der Waals surface area contributed by atoms with Crippen molar-refractivity contribution in [2.45, 2.75) is 19.9 Å². The van der Waals surface area contributed by atoms with Crippen molar-refractivity contribution in [3.05, 3.63) is 50.3 Å². The molecule has 0 amide bonds. The topological polar surface area (TPSA) is 74.8 Å². The molecule has 0 saturated carbocycles. The monoisotopic (exact) mass is 315 g/mol. The average molecular weight is 316 g/mol. The predicted octanol–water partition coefficient (Wildman–Crippen LogP) is 1.57. The second kappa shape index (κ2) is 5.43. The largest absolute Gasteiger partial charge is 0.350 e. The van der Waals surface area contributed by atoms with Crippen molar-refractivity contribution in [3.63, 3.8) is 0 Å². The Kier molecular flexibility index (Phi) is 3.59. The maximum Gasteiger partial charge on any atom is 0.258 e.